The number of aromatic nitrogens is 1. The Balaban J connectivity index is 2.49. The fourth-order valence-electron chi connectivity index (χ4n) is 1.51. The van der Waals surface area contributed by atoms with Crippen LogP contribution in [0.1, 0.15) is 0 Å². The molecule has 0 N–H and O–H groups in total. The van der Waals surface area contributed by atoms with E-state index in [9.17, 15) is 12.8 Å². The Labute approximate surface area is 132 Å². The largest absolute Gasteiger partial charge is 0.268 e. The van der Waals surface area contributed by atoms with E-state index < -0.39 is 20.7 Å². The molecule has 0 aliphatic carbocycles. The summed E-state index contributed by atoms with van der Waals surface area (Å²) in [5.41, 5.74) is 0. The predicted molar refractivity (Wildman–Crippen MR) is 81.6 cm³/mol. The number of anilines is 1. The number of hydrogen-bond acceptors (Lipinski definition) is 3. The lowest BCUT2D eigenvalue weighted by molar-refractivity contribution is 0.562. The molecule has 0 aliphatic heterocycles. The molecule has 2 aromatic rings. The fourth-order valence-corrected chi connectivity index (χ4v) is 3.48. The van der Waals surface area contributed by atoms with Crippen LogP contribution < -0.4 is 4.31 Å². The Hall–Kier alpha value is -0.990. The van der Waals surface area contributed by atoms with Crippen molar-refractivity contribution in [3.05, 3.63) is 51.3 Å². The van der Waals surface area contributed by atoms with Crippen molar-refractivity contribution in [3.63, 3.8) is 0 Å². The van der Waals surface area contributed by atoms with Crippen LogP contribution in [0.3, 0.4) is 0 Å². The molecule has 106 valence electrons. The van der Waals surface area contributed by atoms with Crippen molar-refractivity contribution in [2.75, 3.05) is 11.4 Å². The van der Waals surface area contributed by atoms with Gasteiger partial charge in [-0.2, -0.15) is 0 Å². The Morgan fingerprint density at radius 2 is 1.90 bits per heavy atom. The zero-order valence-electron chi connectivity index (χ0n) is 10.2. The van der Waals surface area contributed by atoms with Crippen LogP contribution in [0.15, 0.2) is 50.4 Å². The molecule has 0 saturated carbocycles. The van der Waals surface area contributed by atoms with Gasteiger partial charge in [-0.1, -0.05) is 6.07 Å². The molecule has 0 aliphatic rings. The maximum absolute atomic E-state index is 14.0. The molecule has 0 fully saturated rings. The Morgan fingerprint density at radius 3 is 2.50 bits per heavy atom. The van der Waals surface area contributed by atoms with E-state index in [4.69, 9.17) is 0 Å². The molecule has 4 nitrogen and oxygen atoms in total. The van der Waals surface area contributed by atoms with Gasteiger partial charge in [-0.25, -0.2) is 17.8 Å². The minimum Gasteiger partial charge on any atom is -0.253 e. The third-order valence-corrected chi connectivity index (χ3v) is 5.45. The number of halogens is 3. The van der Waals surface area contributed by atoms with E-state index in [1.54, 1.807) is 6.07 Å². The lowest BCUT2D eigenvalue weighted by Gasteiger charge is -2.19. The molecule has 1 aromatic carbocycles. The van der Waals surface area contributed by atoms with Crippen LogP contribution in [0.25, 0.3) is 0 Å². The highest BCUT2D eigenvalue weighted by Crippen LogP contribution is 2.27. The van der Waals surface area contributed by atoms with E-state index in [1.807, 2.05) is 0 Å². The third-order valence-electron chi connectivity index (χ3n) is 2.59. The van der Waals surface area contributed by atoms with Crippen LogP contribution in [-0.4, -0.2) is 20.4 Å². The van der Waals surface area contributed by atoms with Crippen LogP contribution >= 0.6 is 31.9 Å². The summed E-state index contributed by atoms with van der Waals surface area (Å²) in [6, 6.07) is 7.29. The number of rotatable bonds is 3. The van der Waals surface area contributed by atoms with E-state index in [1.165, 1.54) is 37.5 Å². The van der Waals surface area contributed by atoms with Crippen LogP contribution in [0.5, 0.6) is 0 Å². The molecule has 0 spiro atoms. The zero-order valence-corrected chi connectivity index (χ0v) is 14.2. The summed E-state index contributed by atoms with van der Waals surface area (Å²) in [7, 11) is -2.68. The minimum atomic E-state index is -4.01. The summed E-state index contributed by atoms with van der Waals surface area (Å²) in [5.74, 6) is -0.621. The maximum atomic E-state index is 14.0. The van der Waals surface area contributed by atoms with E-state index >= 15 is 0 Å². The van der Waals surface area contributed by atoms with Crippen molar-refractivity contribution < 1.29 is 12.8 Å². The summed E-state index contributed by atoms with van der Waals surface area (Å²) in [6.07, 6.45) is 1.47. The van der Waals surface area contributed by atoms with Crippen molar-refractivity contribution >= 4 is 47.7 Å². The van der Waals surface area contributed by atoms with Crippen molar-refractivity contribution in [3.8, 4) is 0 Å². The second-order valence-corrected chi connectivity index (χ2v) is 7.57. The van der Waals surface area contributed by atoms with Gasteiger partial charge in [0.2, 0.25) is 0 Å². The SMILES string of the molecule is CN(c1ccc(Br)cn1)S(=O)(=O)c1cccc(Br)c1F. The molecule has 0 amide bonds. The first kappa shape index (κ1) is 15.4. The number of hydrogen-bond donors (Lipinski definition) is 0. The van der Waals surface area contributed by atoms with Crippen molar-refractivity contribution in [2.24, 2.45) is 0 Å². The van der Waals surface area contributed by atoms with E-state index in [0.717, 1.165) is 8.78 Å². The molecule has 1 heterocycles. The molecule has 1 aromatic heterocycles. The molecular formula is C12H9Br2FN2O2S. The van der Waals surface area contributed by atoms with Crippen molar-refractivity contribution in [1.29, 1.82) is 0 Å². The van der Waals surface area contributed by atoms with Crippen LogP contribution in [0.4, 0.5) is 10.2 Å². The van der Waals surface area contributed by atoms with Gasteiger partial charge in [-0.15, -0.1) is 0 Å². The summed E-state index contributed by atoms with van der Waals surface area (Å²) in [6.45, 7) is 0. The standard InChI is InChI=1S/C12H9Br2FN2O2S/c1-17(11-6-5-8(13)7-16-11)20(18,19)10-4-2-3-9(14)12(10)15/h2-7H,1H3. The van der Waals surface area contributed by atoms with Crippen molar-refractivity contribution in [1.82, 2.24) is 4.98 Å². The summed E-state index contributed by atoms with van der Waals surface area (Å²) < 4.78 is 40.5. The predicted octanol–water partition coefficient (Wildman–Crippen LogP) is 3.57. The number of nitrogens with zero attached hydrogens (tertiary/aromatic N) is 2. The molecule has 0 atom stereocenters. The summed E-state index contributed by atoms with van der Waals surface area (Å²) in [4.78, 5) is 3.58. The van der Waals surface area contributed by atoms with Gasteiger partial charge < -0.3 is 0 Å². The minimum absolute atomic E-state index is 0.0933. The fraction of sp³-hybridized carbons (Fsp3) is 0.0833. The quantitative estimate of drug-likeness (QED) is 0.758. The van der Waals surface area contributed by atoms with Gasteiger partial charge in [-0.3, -0.25) is 4.31 Å². The first-order chi connectivity index (χ1) is 9.34. The van der Waals surface area contributed by atoms with Gasteiger partial charge >= 0.3 is 0 Å². The molecule has 20 heavy (non-hydrogen) atoms. The maximum Gasteiger partial charge on any atom is 0.268 e. The molecule has 0 bridgehead atoms. The first-order valence-electron chi connectivity index (χ1n) is 5.38. The highest BCUT2D eigenvalue weighted by Gasteiger charge is 2.26. The molecule has 8 heteroatoms. The molecule has 0 unspecified atom stereocenters. The van der Waals surface area contributed by atoms with Gasteiger partial charge in [0.25, 0.3) is 10.0 Å². The average Bonchev–Trinajstić information content (AvgIpc) is 2.41. The number of sulfonamides is 1. The second-order valence-electron chi connectivity index (χ2n) is 3.86. The normalized spacial score (nSPS) is 11.4. The number of benzene rings is 1. The van der Waals surface area contributed by atoms with Gasteiger partial charge in [0, 0.05) is 17.7 Å². The third kappa shape index (κ3) is 2.87. The second kappa shape index (κ2) is 5.79. The lowest BCUT2D eigenvalue weighted by Crippen LogP contribution is -2.28. The monoisotopic (exact) mass is 422 g/mol. The van der Waals surface area contributed by atoms with E-state index in [2.05, 4.69) is 36.8 Å². The van der Waals surface area contributed by atoms with Gasteiger partial charge in [-0.05, 0) is 56.1 Å². The Morgan fingerprint density at radius 1 is 1.20 bits per heavy atom. The van der Waals surface area contributed by atoms with E-state index in [0.29, 0.717) is 0 Å². The van der Waals surface area contributed by atoms with E-state index in [-0.39, 0.29) is 10.3 Å². The van der Waals surface area contributed by atoms with Gasteiger partial charge in [0.05, 0.1) is 4.47 Å². The Kier molecular flexibility index (Phi) is 4.46. The highest BCUT2D eigenvalue weighted by atomic mass is 79.9. The smallest absolute Gasteiger partial charge is 0.253 e. The summed E-state index contributed by atoms with van der Waals surface area (Å²) in [5, 5.41) is 0. The summed E-state index contributed by atoms with van der Waals surface area (Å²) >= 11 is 6.19. The van der Waals surface area contributed by atoms with Crippen molar-refractivity contribution in [2.45, 2.75) is 4.90 Å². The van der Waals surface area contributed by atoms with Gasteiger partial charge in [0.15, 0.2) is 5.82 Å². The Bertz CT molecular complexity index is 736. The van der Waals surface area contributed by atoms with Crippen LogP contribution in [0, 0.1) is 5.82 Å². The zero-order chi connectivity index (χ0) is 14.9. The average molecular weight is 424 g/mol. The molecule has 0 radical (unpaired) electrons. The number of pyridine rings is 1. The highest BCUT2D eigenvalue weighted by molar-refractivity contribution is 9.10. The molecule has 0 saturated heterocycles. The lowest BCUT2D eigenvalue weighted by atomic mass is 10.3. The van der Waals surface area contributed by atoms with Crippen LogP contribution in [0.2, 0.25) is 0 Å². The topological polar surface area (TPSA) is 50.3 Å². The van der Waals surface area contributed by atoms with Crippen LogP contribution in [-0.2, 0) is 10.0 Å². The molecule has 2 rings (SSSR count). The molecular weight excluding hydrogens is 415 g/mol. The van der Waals surface area contributed by atoms with Gasteiger partial charge in [0.1, 0.15) is 10.7 Å². The first-order valence-corrected chi connectivity index (χ1v) is 8.41.